The number of aromatic nitrogens is 3. The standard InChI is InChI=1S/C20H17BrN4/c1-13-6-8-14(9-7-13)18-12-19(22)25-20(23-18)11-16(24-25)10-15-4-2-3-5-17(15)21/h2-9,11-12H,10,22H2,1H3. The van der Waals surface area contributed by atoms with E-state index in [1.807, 2.05) is 30.3 Å². The van der Waals surface area contributed by atoms with E-state index in [2.05, 4.69) is 58.3 Å². The monoisotopic (exact) mass is 392 g/mol. The zero-order valence-corrected chi connectivity index (χ0v) is 15.4. The van der Waals surface area contributed by atoms with Crippen LogP contribution in [0.1, 0.15) is 16.8 Å². The van der Waals surface area contributed by atoms with Crippen LogP contribution in [0.5, 0.6) is 0 Å². The molecule has 0 aliphatic rings. The smallest absolute Gasteiger partial charge is 0.158 e. The maximum Gasteiger partial charge on any atom is 0.158 e. The number of benzene rings is 2. The summed E-state index contributed by atoms with van der Waals surface area (Å²) in [5, 5.41) is 4.61. The van der Waals surface area contributed by atoms with Gasteiger partial charge < -0.3 is 5.73 Å². The van der Waals surface area contributed by atoms with Crippen LogP contribution in [0.2, 0.25) is 0 Å². The number of nitrogens with two attached hydrogens (primary N) is 1. The maximum absolute atomic E-state index is 6.21. The van der Waals surface area contributed by atoms with Gasteiger partial charge in [-0.3, -0.25) is 0 Å². The summed E-state index contributed by atoms with van der Waals surface area (Å²) in [6.07, 6.45) is 0.726. The minimum Gasteiger partial charge on any atom is -0.384 e. The number of anilines is 1. The molecule has 4 aromatic rings. The molecule has 4 nitrogen and oxygen atoms in total. The van der Waals surface area contributed by atoms with Gasteiger partial charge in [0.2, 0.25) is 0 Å². The van der Waals surface area contributed by atoms with Crippen LogP contribution in [0, 0.1) is 6.92 Å². The second kappa shape index (κ2) is 6.33. The summed E-state index contributed by atoms with van der Waals surface area (Å²) < 4.78 is 2.78. The van der Waals surface area contributed by atoms with E-state index < -0.39 is 0 Å². The Bertz CT molecular complexity index is 1050. The summed E-state index contributed by atoms with van der Waals surface area (Å²) in [5.74, 6) is 0.582. The summed E-state index contributed by atoms with van der Waals surface area (Å²) in [6.45, 7) is 2.07. The van der Waals surface area contributed by atoms with Crippen LogP contribution >= 0.6 is 15.9 Å². The van der Waals surface area contributed by atoms with E-state index in [1.165, 1.54) is 11.1 Å². The fourth-order valence-electron chi connectivity index (χ4n) is 2.84. The Morgan fingerprint density at radius 1 is 1.04 bits per heavy atom. The third-order valence-electron chi connectivity index (χ3n) is 4.18. The molecular weight excluding hydrogens is 376 g/mol. The molecule has 4 rings (SSSR count). The Kier molecular flexibility index (Phi) is 4.01. The molecule has 0 bridgehead atoms. The van der Waals surface area contributed by atoms with E-state index in [-0.39, 0.29) is 0 Å². The van der Waals surface area contributed by atoms with Gasteiger partial charge in [-0.2, -0.15) is 9.61 Å². The van der Waals surface area contributed by atoms with Crippen LogP contribution in [0.15, 0.2) is 65.1 Å². The van der Waals surface area contributed by atoms with Gasteiger partial charge in [-0.25, -0.2) is 4.98 Å². The lowest BCUT2D eigenvalue weighted by Gasteiger charge is -2.05. The molecule has 0 radical (unpaired) electrons. The second-order valence-corrected chi connectivity index (χ2v) is 6.96. The highest BCUT2D eigenvalue weighted by Gasteiger charge is 2.10. The van der Waals surface area contributed by atoms with Crippen LogP contribution in [0.3, 0.4) is 0 Å². The van der Waals surface area contributed by atoms with E-state index in [0.29, 0.717) is 5.82 Å². The number of hydrogen-bond acceptors (Lipinski definition) is 3. The van der Waals surface area contributed by atoms with Crippen LogP contribution in [0.25, 0.3) is 16.9 Å². The summed E-state index contributed by atoms with van der Waals surface area (Å²) in [6, 6.07) is 20.3. The quantitative estimate of drug-likeness (QED) is 0.552. The molecule has 25 heavy (non-hydrogen) atoms. The molecule has 0 atom stereocenters. The molecule has 0 amide bonds. The topological polar surface area (TPSA) is 56.2 Å². The van der Waals surface area contributed by atoms with Gasteiger partial charge in [0.15, 0.2) is 5.65 Å². The molecule has 2 aromatic carbocycles. The lowest BCUT2D eigenvalue weighted by Crippen LogP contribution is -2.01. The maximum atomic E-state index is 6.21. The van der Waals surface area contributed by atoms with Gasteiger partial charge in [0.1, 0.15) is 5.82 Å². The van der Waals surface area contributed by atoms with Gasteiger partial charge in [0.25, 0.3) is 0 Å². The highest BCUT2D eigenvalue weighted by molar-refractivity contribution is 9.10. The van der Waals surface area contributed by atoms with Crippen molar-refractivity contribution in [1.29, 1.82) is 0 Å². The van der Waals surface area contributed by atoms with Crippen molar-refractivity contribution in [2.45, 2.75) is 13.3 Å². The number of nitrogens with zero attached hydrogens (tertiary/aromatic N) is 3. The molecule has 0 fully saturated rings. The number of nitrogen functional groups attached to an aromatic ring is 1. The normalized spacial score (nSPS) is 11.1. The van der Waals surface area contributed by atoms with Crippen molar-refractivity contribution in [1.82, 2.24) is 14.6 Å². The number of rotatable bonds is 3. The first-order valence-corrected chi connectivity index (χ1v) is 8.85. The van der Waals surface area contributed by atoms with E-state index in [9.17, 15) is 0 Å². The zero-order valence-electron chi connectivity index (χ0n) is 13.8. The van der Waals surface area contributed by atoms with Crippen molar-refractivity contribution < 1.29 is 0 Å². The van der Waals surface area contributed by atoms with Crippen molar-refractivity contribution in [2.75, 3.05) is 5.73 Å². The molecule has 5 heteroatoms. The SMILES string of the molecule is Cc1ccc(-c2cc(N)n3nc(Cc4ccccc4Br)cc3n2)cc1. The van der Waals surface area contributed by atoms with Gasteiger partial charge in [-0.1, -0.05) is 64.0 Å². The highest BCUT2D eigenvalue weighted by Crippen LogP contribution is 2.23. The first-order valence-electron chi connectivity index (χ1n) is 8.06. The largest absolute Gasteiger partial charge is 0.384 e. The molecule has 0 aliphatic heterocycles. The minimum atomic E-state index is 0.582. The Hall–Kier alpha value is -2.66. The summed E-state index contributed by atoms with van der Waals surface area (Å²) in [5.41, 5.74) is 12.2. The molecular formula is C20H17BrN4. The van der Waals surface area contributed by atoms with Gasteiger partial charge in [-0.15, -0.1) is 0 Å². The fourth-order valence-corrected chi connectivity index (χ4v) is 3.27. The predicted molar refractivity (Wildman–Crippen MR) is 105 cm³/mol. The number of hydrogen-bond donors (Lipinski definition) is 1. The molecule has 0 saturated carbocycles. The van der Waals surface area contributed by atoms with Crippen LogP contribution in [-0.4, -0.2) is 14.6 Å². The number of aryl methyl sites for hydroxylation is 1. The lowest BCUT2D eigenvalue weighted by atomic mass is 10.1. The second-order valence-electron chi connectivity index (χ2n) is 6.11. The molecule has 124 valence electrons. The van der Waals surface area contributed by atoms with E-state index >= 15 is 0 Å². The molecule has 2 heterocycles. The molecule has 0 spiro atoms. The average molecular weight is 393 g/mol. The number of halogens is 1. The summed E-state index contributed by atoms with van der Waals surface area (Å²) >= 11 is 3.59. The minimum absolute atomic E-state index is 0.582. The third-order valence-corrected chi connectivity index (χ3v) is 4.96. The first-order chi connectivity index (χ1) is 12.1. The summed E-state index contributed by atoms with van der Waals surface area (Å²) in [4.78, 5) is 4.73. The van der Waals surface area contributed by atoms with Crippen molar-refractivity contribution in [3.05, 3.63) is 82.0 Å². The van der Waals surface area contributed by atoms with Gasteiger partial charge in [0, 0.05) is 28.6 Å². The van der Waals surface area contributed by atoms with Crippen molar-refractivity contribution >= 4 is 27.4 Å². The van der Waals surface area contributed by atoms with Gasteiger partial charge >= 0.3 is 0 Å². The van der Waals surface area contributed by atoms with Crippen LogP contribution in [0.4, 0.5) is 5.82 Å². The Morgan fingerprint density at radius 2 is 1.80 bits per heavy atom. The van der Waals surface area contributed by atoms with Gasteiger partial charge in [-0.05, 0) is 18.6 Å². The van der Waals surface area contributed by atoms with E-state index in [4.69, 9.17) is 10.7 Å². The van der Waals surface area contributed by atoms with Crippen molar-refractivity contribution in [3.8, 4) is 11.3 Å². The third kappa shape index (κ3) is 3.15. The van der Waals surface area contributed by atoms with Gasteiger partial charge in [0.05, 0.1) is 11.4 Å². The molecule has 2 aromatic heterocycles. The van der Waals surface area contributed by atoms with Crippen molar-refractivity contribution in [3.63, 3.8) is 0 Å². The number of fused-ring (bicyclic) bond motifs is 1. The highest BCUT2D eigenvalue weighted by atomic mass is 79.9. The molecule has 0 unspecified atom stereocenters. The Labute approximate surface area is 154 Å². The average Bonchev–Trinajstić information content (AvgIpc) is 3.01. The van der Waals surface area contributed by atoms with Crippen LogP contribution < -0.4 is 5.73 Å². The molecule has 2 N–H and O–H groups in total. The van der Waals surface area contributed by atoms with E-state index in [0.717, 1.165) is 33.5 Å². The first kappa shape index (κ1) is 15.8. The zero-order chi connectivity index (χ0) is 17.4. The predicted octanol–water partition coefficient (Wildman–Crippen LogP) is 4.64. The van der Waals surface area contributed by atoms with Crippen molar-refractivity contribution in [2.24, 2.45) is 0 Å². The molecule has 0 aliphatic carbocycles. The molecule has 0 saturated heterocycles. The summed E-state index contributed by atoms with van der Waals surface area (Å²) in [7, 11) is 0. The lowest BCUT2D eigenvalue weighted by molar-refractivity contribution is 0.906. The Balaban J connectivity index is 1.74. The van der Waals surface area contributed by atoms with Crippen LogP contribution in [-0.2, 0) is 6.42 Å². The Morgan fingerprint density at radius 3 is 2.56 bits per heavy atom. The fraction of sp³-hybridized carbons (Fsp3) is 0.100. The van der Waals surface area contributed by atoms with E-state index in [1.54, 1.807) is 4.52 Å².